The maximum atomic E-state index is 13.5. The fourth-order valence-corrected chi connectivity index (χ4v) is 6.51. The van der Waals surface area contributed by atoms with Crippen LogP contribution in [0.2, 0.25) is 0 Å². The second kappa shape index (κ2) is 13.3. The molecule has 0 aromatic heterocycles. The third kappa shape index (κ3) is 6.79. The number of benzene rings is 3. The van der Waals surface area contributed by atoms with Crippen molar-refractivity contribution in [1.82, 2.24) is 15.1 Å². The highest BCUT2D eigenvalue weighted by Gasteiger charge is 2.47. The van der Waals surface area contributed by atoms with E-state index in [9.17, 15) is 9.59 Å². The van der Waals surface area contributed by atoms with Crippen molar-refractivity contribution in [3.8, 4) is 0 Å². The Morgan fingerprint density at radius 1 is 0.900 bits per heavy atom. The molecule has 2 aliphatic rings. The maximum absolute atomic E-state index is 13.5. The normalized spacial score (nSPS) is 17.5. The highest BCUT2D eigenvalue weighted by Crippen LogP contribution is 2.42. The molecule has 7 heteroatoms. The van der Waals surface area contributed by atoms with Crippen molar-refractivity contribution in [2.24, 2.45) is 5.41 Å². The molecule has 40 heavy (non-hydrogen) atoms. The molecule has 1 unspecified atom stereocenters. The number of piperidine rings is 1. The van der Waals surface area contributed by atoms with Crippen molar-refractivity contribution in [2.45, 2.75) is 52.1 Å². The maximum Gasteiger partial charge on any atom is 0.252 e. The summed E-state index contributed by atoms with van der Waals surface area (Å²) in [5, 5.41) is 3.33. The fraction of sp³-hybridized carbons (Fsp3) is 0.394. The van der Waals surface area contributed by atoms with E-state index in [0.29, 0.717) is 12.5 Å². The van der Waals surface area contributed by atoms with Gasteiger partial charge in [-0.2, -0.15) is 0 Å². The summed E-state index contributed by atoms with van der Waals surface area (Å²) >= 11 is 3.49. The molecule has 1 N–H and O–H groups in total. The zero-order valence-corrected chi connectivity index (χ0v) is 25.8. The van der Waals surface area contributed by atoms with E-state index < -0.39 is 0 Å². The average molecular weight is 625 g/mol. The first-order valence-electron chi connectivity index (χ1n) is 14.0. The van der Waals surface area contributed by atoms with Crippen molar-refractivity contribution in [1.29, 1.82) is 0 Å². The predicted molar refractivity (Wildman–Crippen MR) is 167 cm³/mol. The van der Waals surface area contributed by atoms with E-state index in [1.807, 2.05) is 67.3 Å². The molecule has 2 aliphatic heterocycles. The molecule has 2 heterocycles. The van der Waals surface area contributed by atoms with Gasteiger partial charge in [0.2, 0.25) is 5.91 Å². The van der Waals surface area contributed by atoms with E-state index in [1.54, 1.807) is 0 Å². The van der Waals surface area contributed by atoms with Gasteiger partial charge in [-0.1, -0.05) is 76.6 Å². The van der Waals surface area contributed by atoms with Gasteiger partial charge in [-0.15, -0.1) is 12.4 Å². The molecule has 0 aliphatic carbocycles. The van der Waals surface area contributed by atoms with E-state index in [-0.39, 0.29) is 29.8 Å². The molecule has 0 radical (unpaired) electrons. The minimum atomic E-state index is -0.207. The lowest BCUT2D eigenvalue weighted by Crippen LogP contribution is -2.45. The Kier molecular flexibility index (Phi) is 10.1. The van der Waals surface area contributed by atoms with Crippen LogP contribution in [-0.4, -0.2) is 47.8 Å². The van der Waals surface area contributed by atoms with Crippen LogP contribution in [0.15, 0.2) is 77.3 Å². The van der Waals surface area contributed by atoms with Crippen molar-refractivity contribution in [2.75, 3.05) is 26.2 Å². The monoisotopic (exact) mass is 623 g/mol. The molecular weight excluding hydrogens is 586 g/mol. The number of carbonyl (C=O) groups excluding carboxylic acids is 2. The fourth-order valence-electron chi connectivity index (χ4n) is 6.24. The Balaban J connectivity index is 0.00000370. The molecule has 5 nitrogen and oxygen atoms in total. The number of halogens is 2. The van der Waals surface area contributed by atoms with Crippen molar-refractivity contribution >= 4 is 40.2 Å². The van der Waals surface area contributed by atoms with E-state index in [1.165, 1.54) is 5.56 Å². The summed E-state index contributed by atoms with van der Waals surface area (Å²) in [6.07, 6.45) is 3.60. The SMILES string of the molecule is Cc1cccc(C)c1C(=O)NC(CCN1CCC2(CC1)CCN(Cc1ccc(Br)cc1)C2=O)c1ccccc1.Cl. The number of likely N-dealkylation sites (tertiary alicyclic amines) is 2. The zero-order valence-electron chi connectivity index (χ0n) is 23.4. The molecule has 5 rings (SSSR count). The number of amides is 2. The van der Waals surface area contributed by atoms with Gasteiger partial charge in [-0.3, -0.25) is 9.59 Å². The summed E-state index contributed by atoms with van der Waals surface area (Å²) in [7, 11) is 0. The Morgan fingerprint density at radius 2 is 1.52 bits per heavy atom. The van der Waals surface area contributed by atoms with Crippen LogP contribution in [0.1, 0.15) is 64.3 Å². The smallest absolute Gasteiger partial charge is 0.252 e. The number of nitrogens with one attached hydrogen (secondary N) is 1. The van der Waals surface area contributed by atoms with E-state index >= 15 is 0 Å². The minimum absolute atomic E-state index is 0. The van der Waals surface area contributed by atoms with Gasteiger partial charge in [-0.25, -0.2) is 0 Å². The summed E-state index contributed by atoms with van der Waals surface area (Å²) in [6.45, 7) is 8.25. The van der Waals surface area contributed by atoms with Crippen molar-refractivity contribution in [3.63, 3.8) is 0 Å². The summed E-state index contributed by atoms with van der Waals surface area (Å²) in [5.41, 5.74) is 4.86. The van der Waals surface area contributed by atoms with Gasteiger partial charge in [0.25, 0.3) is 5.91 Å². The van der Waals surface area contributed by atoms with Crippen LogP contribution >= 0.6 is 28.3 Å². The number of aryl methyl sites for hydroxylation is 2. The first-order chi connectivity index (χ1) is 18.8. The lowest BCUT2D eigenvalue weighted by Gasteiger charge is -2.38. The summed E-state index contributed by atoms with van der Waals surface area (Å²) in [6, 6.07) is 24.4. The molecule has 3 aromatic rings. The predicted octanol–water partition coefficient (Wildman–Crippen LogP) is 6.86. The molecule has 1 spiro atoms. The summed E-state index contributed by atoms with van der Waals surface area (Å²) in [5.74, 6) is 0.313. The Morgan fingerprint density at radius 3 is 2.17 bits per heavy atom. The van der Waals surface area contributed by atoms with Gasteiger partial charge in [-0.05, 0) is 87.0 Å². The third-order valence-corrected chi connectivity index (χ3v) is 9.18. The zero-order chi connectivity index (χ0) is 27.4. The van der Waals surface area contributed by atoms with Crippen LogP contribution in [0.4, 0.5) is 0 Å². The van der Waals surface area contributed by atoms with Gasteiger partial charge >= 0.3 is 0 Å². The largest absolute Gasteiger partial charge is 0.345 e. The molecule has 2 fully saturated rings. The molecule has 2 amide bonds. The van der Waals surface area contributed by atoms with E-state index in [0.717, 1.165) is 78.6 Å². The summed E-state index contributed by atoms with van der Waals surface area (Å²) in [4.78, 5) is 31.3. The first-order valence-corrected chi connectivity index (χ1v) is 14.8. The van der Waals surface area contributed by atoms with Crippen LogP contribution in [0.5, 0.6) is 0 Å². The van der Waals surface area contributed by atoms with Crippen molar-refractivity contribution in [3.05, 3.63) is 105 Å². The number of hydrogen-bond donors (Lipinski definition) is 1. The van der Waals surface area contributed by atoms with Gasteiger partial charge < -0.3 is 15.1 Å². The van der Waals surface area contributed by atoms with Gasteiger partial charge in [0.1, 0.15) is 0 Å². The van der Waals surface area contributed by atoms with Gasteiger partial charge in [0.05, 0.1) is 11.5 Å². The van der Waals surface area contributed by atoms with Crippen LogP contribution in [0, 0.1) is 19.3 Å². The second-order valence-electron chi connectivity index (χ2n) is 11.2. The first kappa shape index (κ1) is 30.3. The molecule has 212 valence electrons. The van der Waals surface area contributed by atoms with Crippen LogP contribution in [0.3, 0.4) is 0 Å². The van der Waals surface area contributed by atoms with Gasteiger partial charge in [0.15, 0.2) is 0 Å². The third-order valence-electron chi connectivity index (χ3n) is 8.65. The number of nitrogens with zero attached hydrogens (tertiary/aromatic N) is 2. The highest BCUT2D eigenvalue weighted by atomic mass is 79.9. The quantitative estimate of drug-likeness (QED) is 0.298. The molecular formula is C33H39BrClN3O2. The summed E-state index contributed by atoms with van der Waals surface area (Å²) < 4.78 is 1.06. The molecule has 2 saturated heterocycles. The van der Waals surface area contributed by atoms with E-state index in [2.05, 4.69) is 50.4 Å². The minimum Gasteiger partial charge on any atom is -0.345 e. The average Bonchev–Trinajstić information content (AvgIpc) is 3.23. The Labute approximate surface area is 252 Å². The number of rotatable bonds is 8. The van der Waals surface area contributed by atoms with Crippen LogP contribution in [-0.2, 0) is 11.3 Å². The topological polar surface area (TPSA) is 52.7 Å². The lowest BCUT2D eigenvalue weighted by molar-refractivity contribution is -0.138. The van der Waals surface area contributed by atoms with E-state index in [4.69, 9.17) is 0 Å². The number of hydrogen-bond acceptors (Lipinski definition) is 3. The molecule has 1 atom stereocenters. The standard InChI is InChI=1S/C33H38BrN3O2.ClH/c1-24-7-6-8-25(2)30(24)31(38)35-29(27-9-4-3-5-10-27)15-19-36-20-16-33(17-21-36)18-22-37(32(33)39)23-26-11-13-28(34)14-12-26;/h3-14,29H,15-23H2,1-2H3,(H,35,38);1H. The van der Waals surface area contributed by atoms with Gasteiger partial charge in [0, 0.05) is 29.7 Å². The molecule has 3 aromatic carbocycles. The molecule has 0 bridgehead atoms. The lowest BCUT2D eigenvalue weighted by atomic mass is 9.77. The van der Waals surface area contributed by atoms with Crippen LogP contribution < -0.4 is 5.32 Å². The Bertz CT molecular complexity index is 1290. The molecule has 0 saturated carbocycles. The highest BCUT2D eigenvalue weighted by molar-refractivity contribution is 9.10. The van der Waals surface area contributed by atoms with Crippen molar-refractivity contribution < 1.29 is 9.59 Å². The number of carbonyl (C=O) groups is 2. The Hall–Kier alpha value is -2.67. The van der Waals surface area contributed by atoms with Crippen LogP contribution in [0.25, 0.3) is 0 Å². The second-order valence-corrected chi connectivity index (χ2v) is 12.1.